The van der Waals surface area contributed by atoms with Crippen LogP contribution in [-0.2, 0) is 6.42 Å². The molecule has 1 aromatic carbocycles. The molecule has 0 amide bonds. The van der Waals surface area contributed by atoms with Crippen LogP contribution in [0.5, 0.6) is 5.75 Å². The van der Waals surface area contributed by atoms with E-state index in [9.17, 15) is 0 Å². The third kappa shape index (κ3) is 5.19. The van der Waals surface area contributed by atoms with Crippen molar-refractivity contribution in [2.75, 3.05) is 26.1 Å². The Bertz CT molecular complexity index is 325. The van der Waals surface area contributed by atoms with Crippen molar-refractivity contribution in [2.24, 2.45) is 0 Å². The summed E-state index contributed by atoms with van der Waals surface area (Å²) in [5.41, 5.74) is 1.29. The summed E-state index contributed by atoms with van der Waals surface area (Å²) in [6.07, 6.45) is 4.99. The van der Waals surface area contributed by atoms with Crippen molar-refractivity contribution in [2.45, 2.75) is 6.42 Å². The second kappa shape index (κ2) is 8.20. The fourth-order valence-electron chi connectivity index (χ4n) is 1.39. The lowest BCUT2D eigenvalue weighted by molar-refractivity contribution is 0.414. The van der Waals surface area contributed by atoms with Crippen molar-refractivity contribution >= 4 is 11.6 Å². The monoisotopic (exact) mass is 239 g/mol. The SMILES string of the molecule is COc1cccc(CCNC/C=C/CCl)c1. The largest absolute Gasteiger partial charge is 0.497 e. The molecule has 0 aliphatic carbocycles. The molecule has 16 heavy (non-hydrogen) atoms. The highest BCUT2D eigenvalue weighted by Gasteiger charge is 1.94. The van der Waals surface area contributed by atoms with Crippen molar-refractivity contribution in [1.29, 1.82) is 0 Å². The molecular formula is C13H18ClNO. The summed E-state index contributed by atoms with van der Waals surface area (Å²) in [5.74, 6) is 1.50. The van der Waals surface area contributed by atoms with Gasteiger partial charge < -0.3 is 10.1 Å². The number of methoxy groups -OCH3 is 1. The molecule has 0 aromatic heterocycles. The number of hydrogen-bond donors (Lipinski definition) is 1. The van der Waals surface area contributed by atoms with Gasteiger partial charge >= 0.3 is 0 Å². The van der Waals surface area contributed by atoms with Crippen LogP contribution in [0.25, 0.3) is 0 Å². The first-order valence-electron chi connectivity index (χ1n) is 5.41. The molecule has 0 heterocycles. The van der Waals surface area contributed by atoms with Crippen LogP contribution in [0.2, 0.25) is 0 Å². The maximum atomic E-state index is 5.52. The molecule has 0 atom stereocenters. The molecular weight excluding hydrogens is 222 g/mol. The standard InChI is InChI=1S/C13H18ClNO/c1-16-13-6-4-5-12(11-13)7-10-15-9-3-2-8-14/h2-6,11,15H,7-10H2,1H3/b3-2+. The molecule has 2 nitrogen and oxygen atoms in total. The van der Waals surface area contributed by atoms with Crippen LogP contribution in [0, 0.1) is 0 Å². The summed E-state index contributed by atoms with van der Waals surface area (Å²) in [7, 11) is 1.69. The molecule has 1 aromatic rings. The minimum atomic E-state index is 0.581. The topological polar surface area (TPSA) is 21.3 Å². The predicted molar refractivity (Wildman–Crippen MR) is 69.4 cm³/mol. The molecule has 0 spiro atoms. The molecule has 0 saturated carbocycles. The molecule has 0 saturated heterocycles. The lowest BCUT2D eigenvalue weighted by Crippen LogP contribution is -2.16. The Morgan fingerprint density at radius 1 is 1.38 bits per heavy atom. The molecule has 0 aliphatic heterocycles. The summed E-state index contributed by atoms with van der Waals surface area (Å²) >= 11 is 5.52. The summed E-state index contributed by atoms with van der Waals surface area (Å²) in [5, 5.41) is 3.32. The highest BCUT2D eigenvalue weighted by atomic mass is 35.5. The van der Waals surface area contributed by atoms with Crippen molar-refractivity contribution in [3.05, 3.63) is 42.0 Å². The number of benzene rings is 1. The smallest absolute Gasteiger partial charge is 0.119 e. The van der Waals surface area contributed by atoms with Gasteiger partial charge in [0.05, 0.1) is 7.11 Å². The summed E-state index contributed by atoms with van der Waals surface area (Å²) in [4.78, 5) is 0. The number of rotatable bonds is 7. The van der Waals surface area contributed by atoms with Gasteiger partial charge in [-0.3, -0.25) is 0 Å². The van der Waals surface area contributed by atoms with Gasteiger partial charge in [-0.25, -0.2) is 0 Å². The van der Waals surface area contributed by atoms with E-state index in [1.807, 2.05) is 24.3 Å². The van der Waals surface area contributed by atoms with Crippen LogP contribution < -0.4 is 10.1 Å². The van der Waals surface area contributed by atoms with E-state index < -0.39 is 0 Å². The summed E-state index contributed by atoms with van der Waals surface area (Å²) in [6, 6.07) is 8.15. The zero-order valence-corrected chi connectivity index (χ0v) is 10.3. The van der Waals surface area contributed by atoms with Crippen LogP contribution in [0.1, 0.15) is 5.56 Å². The lowest BCUT2D eigenvalue weighted by Gasteiger charge is -2.04. The van der Waals surface area contributed by atoms with Gasteiger partial charge in [-0.15, -0.1) is 11.6 Å². The highest BCUT2D eigenvalue weighted by Crippen LogP contribution is 2.12. The molecule has 0 unspecified atom stereocenters. The molecule has 0 aliphatic rings. The number of allylic oxidation sites excluding steroid dienone is 1. The molecule has 1 rings (SSSR count). The van der Waals surface area contributed by atoms with Gasteiger partial charge in [0.1, 0.15) is 5.75 Å². The Morgan fingerprint density at radius 3 is 3.00 bits per heavy atom. The van der Waals surface area contributed by atoms with Gasteiger partial charge in [0, 0.05) is 12.4 Å². The maximum absolute atomic E-state index is 5.52. The van der Waals surface area contributed by atoms with Crippen LogP contribution in [0.4, 0.5) is 0 Å². The summed E-state index contributed by atoms with van der Waals surface area (Å²) < 4.78 is 5.17. The Hall–Kier alpha value is -0.990. The number of nitrogens with one attached hydrogen (secondary N) is 1. The fourth-order valence-corrected chi connectivity index (χ4v) is 1.52. The number of hydrogen-bond acceptors (Lipinski definition) is 2. The molecule has 0 radical (unpaired) electrons. The van der Waals surface area contributed by atoms with Crippen molar-refractivity contribution in [1.82, 2.24) is 5.32 Å². The first-order valence-corrected chi connectivity index (χ1v) is 5.95. The Kier molecular flexibility index (Phi) is 6.70. The van der Waals surface area contributed by atoms with Crippen molar-refractivity contribution in [3.63, 3.8) is 0 Å². The van der Waals surface area contributed by atoms with E-state index >= 15 is 0 Å². The van der Waals surface area contributed by atoms with Crippen molar-refractivity contribution < 1.29 is 4.74 Å². The molecule has 0 bridgehead atoms. The second-order valence-corrected chi connectivity index (χ2v) is 3.74. The zero-order valence-electron chi connectivity index (χ0n) is 9.58. The lowest BCUT2D eigenvalue weighted by atomic mass is 10.1. The fraction of sp³-hybridized carbons (Fsp3) is 0.385. The Balaban J connectivity index is 2.23. The molecule has 0 fully saturated rings. The minimum Gasteiger partial charge on any atom is -0.497 e. The van der Waals surface area contributed by atoms with E-state index in [2.05, 4.69) is 17.4 Å². The first-order chi connectivity index (χ1) is 7.86. The number of halogens is 1. The van der Waals surface area contributed by atoms with E-state index in [0.717, 1.165) is 25.3 Å². The van der Waals surface area contributed by atoms with Gasteiger partial charge in [0.25, 0.3) is 0 Å². The summed E-state index contributed by atoms with van der Waals surface area (Å²) in [6.45, 7) is 1.83. The predicted octanol–water partition coefficient (Wildman–Crippen LogP) is 2.62. The average Bonchev–Trinajstić information content (AvgIpc) is 2.34. The van der Waals surface area contributed by atoms with E-state index in [-0.39, 0.29) is 0 Å². The third-order valence-electron chi connectivity index (χ3n) is 2.24. The number of ether oxygens (including phenoxy) is 1. The second-order valence-electron chi connectivity index (χ2n) is 3.43. The van der Waals surface area contributed by atoms with Crippen molar-refractivity contribution in [3.8, 4) is 5.75 Å². The Labute approximate surface area is 102 Å². The normalized spacial score (nSPS) is 10.9. The van der Waals surface area contributed by atoms with Gasteiger partial charge in [-0.1, -0.05) is 24.3 Å². The minimum absolute atomic E-state index is 0.581. The maximum Gasteiger partial charge on any atom is 0.119 e. The zero-order chi connectivity index (χ0) is 11.6. The molecule has 88 valence electrons. The van der Waals surface area contributed by atoms with Crippen LogP contribution in [0.15, 0.2) is 36.4 Å². The Morgan fingerprint density at radius 2 is 2.25 bits per heavy atom. The van der Waals surface area contributed by atoms with E-state index in [1.165, 1.54) is 5.56 Å². The highest BCUT2D eigenvalue weighted by molar-refractivity contribution is 6.18. The van der Waals surface area contributed by atoms with E-state index in [4.69, 9.17) is 16.3 Å². The quantitative estimate of drug-likeness (QED) is 0.449. The third-order valence-corrected chi connectivity index (χ3v) is 2.42. The molecule has 3 heteroatoms. The van der Waals surface area contributed by atoms with Crippen LogP contribution >= 0.6 is 11.6 Å². The van der Waals surface area contributed by atoms with Gasteiger partial charge in [-0.2, -0.15) is 0 Å². The first kappa shape index (κ1) is 13.1. The van der Waals surface area contributed by atoms with Gasteiger partial charge in [-0.05, 0) is 30.7 Å². The molecule has 1 N–H and O–H groups in total. The average molecular weight is 240 g/mol. The number of alkyl halides is 1. The van der Waals surface area contributed by atoms with Crippen LogP contribution in [0.3, 0.4) is 0 Å². The van der Waals surface area contributed by atoms with E-state index in [1.54, 1.807) is 7.11 Å². The van der Waals surface area contributed by atoms with E-state index in [0.29, 0.717) is 5.88 Å². The van der Waals surface area contributed by atoms with Crippen LogP contribution in [-0.4, -0.2) is 26.1 Å². The van der Waals surface area contributed by atoms with Gasteiger partial charge in [0.2, 0.25) is 0 Å². The van der Waals surface area contributed by atoms with Gasteiger partial charge in [0.15, 0.2) is 0 Å².